The first-order valence-corrected chi connectivity index (χ1v) is 10.0. The van der Waals surface area contributed by atoms with Gasteiger partial charge in [0, 0.05) is 6.42 Å². The van der Waals surface area contributed by atoms with Gasteiger partial charge in [-0.1, -0.05) is 30.4 Å². The number of aromatic nitrogens is 2. The molecule has 2 bridgehead atoms. The van der Waals surface area contributed by atoms with E-state index in [1.165, 1.54) is 16.2 Å². The van der Waals surface area contributed by atoms with Crippen molar-refractivity contribution in [1.82, 2.24) is 15.1 Å². The third kappa shape index (κ3) is 2.67. The zero-order valence-electron chi connectivity index (χ0n) is 14.8. The summed E-state index contributed by atoms with van der Waals surface area (Å²) in [5.41, 5.74) is 0. The molecule has 0 unspecified atom stereocenters. The second-order valence-corrected chi connectivity index (χ2v) is 8.37. The van der Waals surface area contributed by atoms with Gasteiger partial charge in [0.05, 0.1) is 11.8 Å². The van der Waals surface area contributed by atoms with Crippen LogP contribution in [-0.2, 0) is 20.8 Å². The largest absolute Gasteiger partial charge is 0.299 e. The van der Waals surface area contributed by atoms with Gasteiger partial charge in [0.1, 0.15) is 11.0 Å². The number of allylic oxidation sites excluding steroid dienone is 2. The van der Waals surface area contributed by atoms with Gasteiger partial charge in [0.15, 0.2) is 0 Å². The minimum absolute atomic E-state index is 0.126. The standard InChI is InChI=1S/C18H22N4O3S/c1-3-4-12-20-21-18(26-12)19-15(23)9(2)22-16(24)13-10-5-6-11(8-7-10)14(13)17(22)25/h5-6,9-11,13-14H,3-4,7-8H2,1-2H3,(H,19,21,23)/t9-,10-,11-,13+,14+/m0/s1. The average molecular weight is 374 g/mol. The van der Waals surface area contributed by atoms with E-state index < -0.39 is 11.9 Å². The van der Waals surface area contributed by atoms with Crippen molar-refractivity contribution in [2.45, 2.75) is 45.6 Å². The van der Waals surface area contributed by atoms with Crippen LogP contribution in [0.4, 0.5) is 5.13 Å². The summed E-state index contributed by atoms with van der Waals surface area (Å²) in [6.45, 7) is 3.65. The average Bonchev–Trinajstić information content (AvgIpc) is 3.19. The second-order valence-electron chi connectivity index (χ2n) is 7.30. The molecule has 2 fully saturated rings. The lowest BCUT2D eigenvalue weighted by Crippen LogP contribution is -2.46. The number of rotatable bonds is 5. The van der Waals surface area contributed by atoms with Crippen LogP contribution in [0.5, 0.6) is 0 Å². The number of nitrogens with one attached hydrogen (secondary N) is 1. The Morgan fingerprint density at radius 2 is 1.85 bits per heavy atom. The number of anilines is 1. The molecule has 3 amide bonds. The Balaban J connectivity index is 1.49. The summed E-state index contributed by atoms with van der Waals surface area (Å²) in [5, 5.41) is 12.0. The van der Waals surface area contributed by atoms with E-state index in [0.717, 1.165) is 30.7 Å². The van der Waals surface area contributed by atoms with Gasteiger partial charge >= 0.3 is 0 Å². The van der Waals surface area contributed by atoms with Crippen LogP contribution in [0.25, 0.3) is 0 Å². The van der Waals surface area contributed by atoms with Crippen LogP contribution in [0, 0.1) is 23.7 Å². The number of aryl methyl sites for hydroxylation is 1. The van der Waals surface area contributed by atoms with Crippen LogP contribution in [0.15, 0.2) is 12.2 Å². The van der Waals surface area contributed by atoms with Gasteiger partial charge in [0.25, 0.3) is 0 Å². The lowest BCUT2D eigenvalue weighted by molar-refractivity contribution is -0.146. The molecule has 26 heavy (non-hydrogen) atoms. The van der Waals surface area contributed by atoms with E-state index in [4.69, 9.17) is 0 Å². The molecule has 1 saturated heterocycles. The highest BCUT2D eigenvalue weighted by molar-refractivity contribution is 7.15. The lowest BCUT2D eigenvalue weighted by Gasteiger charge is -2.38. The summed E-state index contributed by atoms with van der Waals surface area (Å²) in [4.78, 5) is 39.6. The normalized spacial score (nSPS) is 30.6. The Hall–Kier alpha value is -2.09. The van der Waals surface area contributed by atoms with Crippen LogP contribution in [0.3, 0.4) is 0 Å². The van der Waals surface area contributed by atoms with Crippen molar-refractivity contribution in [2.75, 3.05) is 5.32 Å². The van der Waals surface area contributed by atoms with E-state index in [1.807, 2.05) is 6.92 Å². The van der Waals surface area contributed by atoms with Gasteiger partial charge in [-0.05, 0) is 38.0 Å². The van der Waals surface area contributed by atoms with Crippen molar-refractivity contribution in [2.24, 2.45) is 23.7 Å². The lowest BCUT2D eigenvalue weighted by atomic mass is 9.63. The molecule has 138 valence electrons. The van der Waals surface area contributed by atoms with Crippen molar-refractivity contribution in [3.63, 3.8) is 0 Å². The molecule has 5 atom stereocenters. The smallest absolute Gasteiger partial charge is 0.249 e. The van der Waals surface area contributed by atoms with E-state index in [0.29, 0.717) is 5.13 Å². The van der Waals surface area contributed by atoms with Gasteiger partial charge < -0.3 is 0 Å². The number of amides is 3. The number of nitrogens with zero attached hydrogens (tertiary/aromatic N) is 3. The number of fused-ring (bicyclic) bond motifs is 1. The van der Waals surface area contributed by atoms with E-state index in [9.17, 15) is 14.4 Å². The molecule has 8 heteroatoms. The number of hydrogen-bond acceptors (Lipinski definition) is 6. The first-order chi connectivity index (χ1) is 12.5. The highest BCUT2D eigenvalue weighted by Crippen LogP contribution is 2.49. The second kappa shape index (κ2) is 6.57. The monoisotopic (exact) mass is 374 g/mol. The maximum absolute atomic E-state index is 12.9. The summed E-state index contributed by atoms with van der Waals surface area (Å²) in [5.74, 6) is -1.14. The Morgan fingerprint density at radius 3 is 2.38 bits per heavy atom. The molecule has 0 spiro atoms. The van der Waals surface area contributed by atoms with E-state index >= 15 is 0 Å². The predicted octanol–water partition coefficient (Wildman–Crippen LogP) is 2.01. The van der Waals surface area contributed by atoms with Crippen molar-refractivity contribution >= 4 is 34.2 Å². The van der Waals surface area contributed by atoms with Gasteiger partial charge in [-0.3, -0.25) is 24.6 Å². The first-order valence-electron chi connectivity index (χ1n) is 9.19. The summed E-state index contributed by atoms with van der Waals surface area (Å²) in [6.07, 6.45) is 7.80. The summed E-state index contributed by atoms with van der Waals surface area (Å²) < 4.78 is 0. The van der Waals surface area contributed by atoms with Crippen molar-refractivity contribution < 1.29 is 14.4 Å². The maximum Gasteiger partial charge on any atom is 0.249 e. The third-order valence-electron chi connectivity index (χ3n) is 5.72. The van der Waals surface area contributed by atoms with Crippen molar-refractivity contribution in [3.05, 3.63) is 17.2 Å². The summed E-state index contributed by atoms with van der Waals surface area (Å²) in [6, 6.07) is -0.849. The van der Waals surface area contributed by atoms with E-state index in [-0.39, 0.29) is 35.5 Å². The van der Waals surface area contributed by atoms with Crippen LogP contribution in [-0.4, -0.2) is 38.9 Å². The molecule has 3 aliphatic carbocycles. The fourth-order valence-electron chi connectivity index (χ4n) is 4.43. The van der Waals surface area contributed by atoms with E-state index in [1.54, 1.807) is 6.92 Å². The molecule has 1 N–H and O–H groups in total. The highest BCUT2D eigenvalue weighted by atomic mass is 32.1. The number of carbonyl (C=O) groups excluding carboxylic acids is 3. The molecule has 7 nitrogen and oxygen atoms in total. The van der Waals surface area contributed by atoms with Crippen LogP contribution in [0.1, 0.15) is 38.1 Å². The SMILES string of the molecule is CCCc1nnc(NC(=O)[C@H](C)N2C(=O)[C@H]3[C@H](C2=O)[C@H]2C=C[C@H]3CC2)s1. The topological polar surface area (TPSA) is 92.3 Å². The highest BCUT2D eigenvalue weighted by Gasteiger charge is 2.58. The van der Waals surface area contributed by atoms with Crippen LogP contribution < -0.4 is 5.32 Å². The van der Waals surface area contributed by atoms with Crippen LogP contribution >= 0.6 is 11.3 Å². The van der Waals surface area contributed by atoms with Gasteiger partial charge in [0.2, 0.25) is 22.9 Å². The molecule has 2 heterocycles. The molecule has 1 saturated carbocycles. The summed E-state index contributed by atoms with van der Waals surface area (Å²) in [7, 11) is 0. The Labute approximate surface area is 155 Å². The van der Waals surface area contributed by atoms with Crippen molar-refractivity contribution in [3.8, 4) is 0 Å². The Kier molecular flexibility index (Phi) is 4.38. The zero-order chi connectivity index (χ0) is 18.4. The zero-order valence-corrected chi connectivity index (χ0v) is 15.7. The van der Waals surface area contributed by atoms with Crippen molar-refractivity contribution in [1.29, 1.82) is 0 Å². The minimum Gasteiger partial charge on any atom is -0.299 e. The molecule has 5 rings (SSSR count). The van der Waals surface area contributed by atoms with Crippen LogP contribution in [0.2, 0.25) is 0 Å². The molecule has 1 aromatic heterocycles. The van der Waals surface area contributed by atoms with Gasteiger partial charge in [-0.2, -0.15) is 0 Å². The molecule has 4 aliphatic rings. The van der Waals surface area contributed by atoms with Gasteiger partial charge in [-0.15, -0.1) is 10.2 Å². The number of likely N-dealkylation sites (tertiary alicyclic amines) is 1. The number of carbonyl (C=O) groups is 3. The third-order valence-corrected chi connectivity index (χ3v) is 6.62. The fraction of sp³-hybridized carbons (Fsp3) is 0.611. The van der Waals surface area contributed by atoms with E-state index in [2.05, 4.69) is 27.7 Å². The first kappa shape index (κ1) is 17.3. The predicted molar refractivity (Wildman–Crippen MR) is 96.2 cm³/mol. The quantitative estimate of drug-likeness (QED) is 0.629. The minimum atomic E-state index is -0.849. The summed E-state index contributed by atoms with van der Waals surface area (Å²) >= 11 is 1.33. The van der Waals surface area contributed by atoms with Gasteiger partial charge in [-0.25, -0.2) is 0 Å². The fourth-order valence-corrected chi connectivity index (χ4v) is 5.27. The number of hydrogen-bond donors (Lipinski definition) is 1. The Morgan fingerprint density at radius 1 is 1.23 bits per heavy atom. The molecule has 1 aromatic rings. The number of imide groups is 1. The molecule has 0 radical (unpaired) electrons. The Bertz CT molecular complexity index is 757. The maximum atomic E-state index is 12.9. The molecule has 1 aliphatic heterocycles. The molecular weight excluding hydrogens is 352 g/mol. The molecular formula is C18H22N4O3S. The molecule has 0 aromatic carbocycles.